The summed E-state index contributed by atoms with van der Waals surface area (Å²) in [5, 5.41) is 23.0. The smallest absolute Gasteiger partial charge is 0.156 e. The Morgan fingerprint density at radius 1 is 1.26 bits per heavy atom. The third-order valence-electron chi connectivity index (χ3n) is 3.34. The molecule has 0 radical (unpaired) electrons. The Morgan fingerprint density at radius 3 is 2.68 bits per heavy atom. The second kappa shape index (κ2) is 5.53. The lowest BCUT2D eigenvalue weighted by atomic mass is 9.85. The molecule has 1 unspecified atom stereocenters. The van der Waals surface area contributed by atoms with E-state index in [9.17, 15) is 5.11 Å². The van der Waals surface area contributed by atoms with Crippen LogP contribution in [0.15, 0.2) is 30.5 Å². The number of nitrogens with one attached hydrogen (secondary N) is 1. The van der Waals surface area contributed by atoms with Crippen molar-refractivity contribution in [3.63, 3.8) is 0 Å². The van der Waals surface area contributed by atoms with Gasteiger partial charge in [-0.2, -0.15) is 5.10 Å². The predicted molar refractivity (Wildman–Crippen MR) is 78.1 cm³/mol. The largest absolute Gasteiger partial charge is 0.396 e. The molecule has 0 bridgehead atoms. The van der Waals surface area contributed by atoms with Crippen molar-refractivity contribution in [1.29, 1.82) is 0 Å². The van der Waals surface area contributed by atoms with E-state index in [2.05, 4.69) is 36.3 Å². The zero-order valence-corrected chi connectivity index (χ0v) is 11.7. The summed E-state index contributed by atoms with van der Waals surface area (Å²) in [6, 6.07) is 8.19. The van der Waals surface area contributed by atoms with Gasteiger partial charge in [-0.05, 0) is 11.8 Å². The van der Waals surface area contributed by atoms with E-state index >= 15 is 0 Å². The molecule has 1 heterocycles. The zero-order chi connectivity index (χ0) is 13.9. The van der Waals surface area contributed by atoms with Crippen LogP contribution in [0.3, 0.4) is 0 Å². The van der Waals surface area contributed by atoms with Crippen molar-refractivity contribution in [2.24, 2.45) is 5.41 Å². The van der Waals surface area contributed by atoms with Gasteiger partial charge < -0.3 is 10.4 Å². The van der Waals surface area contributed by atoms with E-state index in [1.54, 1.807) is 6.20 Å². The van der Waals surface area contributed by atoms with Crippen LogP contribution in [0.4, 0.5) is 5.82 Å². The summed E-state index contributed by atoms with van der Waals surface area (Å²) in [7, 11) is 0. The quantitative estimate of drug-likeness (QED) is 0.886. The second-order valence-corrected chi connectivity index (χ2v) is 5.86. The molecule has 19 heavy (non-hydrogen) atoms. The highest BCUT2D eigenvalue weighted by Gasteiger charge is 2.24. The summed E-state index contributed by atoms with van der Waals surface area (Å²) in [5.74, 6) is 0.784. The van der Waals surface area contributed by atoms with Gasteiger partial charge in [0, 0.05) is 23.4 Å². The molecule has 1 atom stereocenters. The highest BCUT2D eigenvalue weighted by molar-refractivity contribution is 5.90. The number of hydrogen-bond donors (Lipinski definition) is 2. The number of rotatable bonds is 4. The molecule has 0 fully saturated rings. The van der Waals surface area contributed by atoms with E-state index in [1.807, 2.05) is 24.3 Å². The Kier molecular flexibility index (Phi) is 4.00. The van der Waals surface area contributed by atoms with Gasteiger partial charge in [0.25, 0.3) is 0 Å². The molecule has 4 nitrogen and oxygen atoms in total. The lowest BCUT2D eigenvalue weighted by Crippen LogP contribution is -2.35. The first kappa shape index (κ1) is 13.7. The zero-order valence-electron chi connectivity index (χ0n) is 11.7. The van der Waals surface area contributed by atoms with Gasteiger partial charge in [-0.15, -0.1) is 5.10 Å². The number of nitrogens with zero attached hydrogens (tertiary/aromatic N) is 2. The minimum atomic E-state index is 0.0430. The van der Waals surface area contributed by atoms with Gasteiger partial charge in [0.05, 0.1) is 6.20 Å². The van der Waals surface area contributed by atoms with Gasteiger partial charge in [-0.25, -0.2) is 0 Å². The minimum Gasteiger partial charge on any atom is -0.396 e. The second-order valence-electron chi connectivity index (χ2n) is 5.86. The molecular formula is C15H21N3O. The topological polar surface area (TPSA) is 58.0 Å². The number of aromatic nitrogens is 2. The number of aliphatic hydroxyl groups excluding tert-OH is 1. The lowest BCUT2D eigenvalue weighted by Gasteiger charge is -2.31. The van der Waals surface area contributed by atoms with E-state index in [1.165, 1.54) is 0 Å². The molecule has 4 heteroatoms. The maximum Gasteiger partial charge on any atom is 0.156 e. The number of fused-ring (bicyclic) bond motifs is 1. The fraction of sp³-hybridized carbons (Fsp3) is 0.467. The fourth-order valence-corrected chi connectivity index (χ4v) is 2.15. The molecule has 0 saturated heterocycles. The molecule has 0 aliphatic rings. The summed E-state index contributed by atoms with van der Waals surface area (Å²) < 4.78 is 0. The van der Waals surface area contributed by atoms with Crippen LogP contribution in [-0.4, -0.2) is 28.0 Å². The van der Waals surface area contributed by atoms with Crippen molar-refractivity contribution < 1.29 is 5.11 Å². The Labute approximate surface area is 113 Å². The predicted octanol–water partition coefficient (Wildman–Crippen LogP) is 2.84. The standard InChI is InChI=1S/C15H21N3O/c1-15(2,3)13(8-9-19)17-14-12-7-5-4-6-11(12)10-16-18-14/h4-7,10,13,19H,8-9H2,1-3H3,(H,17,18). The Bertz CT molecular complexity index is 543. The van der Waals surface area contributed by atoms with E-state index < -0.39 is 0 Å². The van der Waals surface area contributed by atoms with Crippen LogP contribution >= 0.6 is 0 Å². The van der Waals surface area contributed by atoms with Crippen LogP contribution in [-0.2, 0) is 0 Å². The molecule has 2 N–H and O–H groups in total. The Hall–Kier alpha value is -1.68. The van der Waals surface area contributed by atoms with Crippen LogP contribution in [0.5, 0.6) is 0 Å². The van der Waals surface area contributed by atoms with Crippen molar-refractivity contribution in [2.75, 3.05) is 11.9 Å². The van der Waals surface area contributed by atoms with Gasteiger partial charge in [-0.1, -0.05) is 45.0 Å². The molecular weight excluding hydrogens is 238 g/mol. The third-order valence-corrected chi connectivity index (χ3v) is 3.34. The van der Waals surface area contributed by atoms with Gasteiger partial charge in [0.2, 0.25) is 0 Å². The first-order chi connectivity index (χ1) is 9.02. The monoisotopic (exact) mass is 259 g/mol. The first-order valence-corrected chi connectivity index (χ1v) is 6.60. The highest BCUT2D eigenvalue weighted by atomic mass is 16.3. The van der Waals surface area contributed by atoms with E-state index in [-0.39, 0.29) is 18.1 Å². The summed E-state index contributed by atoms with van der Waals surface area (Å²) in [6.45, 7) is 6.61. The van der Waals surface area contributed by atoms with E-state index in [4.69, 9.17) is 0 Å². The fourth-order valence-electron chi connectivity index (χ4n) is 2.15. The lowest BCUT2D eigenvalue weighted by molar-refractivity contribution is 0.235. The van der Waals surface area contributed by atoms with Crippen LogP contribution in [0.2, 0.25) is 0 Å². The molecule has 0 spiro atoms. The average Bonchev–Trinajstić information content (AvgIpc) is 2.37. The Morgan fingerprint density at radius 2 is 2.00 bits per heavy atom. The number of benzene rings is 1. The third kappa shape index (κ3) is 3.20. The van der Waals surface area contributed by atoms with Crippen LogP contribution in [0.1, 0.15) is 27.2 Å². The maximum absolute atomic E-state index is 9.22. The van der Waals surface area contributed by atoms with Crippen molar-refractivity contribution >= 4 is 16.6 Å². The molecule has 2 rings (SSSR count). The maximum atomic E-state index is 9.22. The molecule has 0 amide bonds. The molecule has 2 aromatic rings. The summed E-state index contributed by atoms with van der Waals surface area (Å²) >= 11 is 0. The molecule has 102 valence electrons. The van der Waals surface area contributed by atoms with Crippen molar-refractivity contribution in [2.45, 2.75) is 33.2 Å². The number of hydrogen-bond acceptors (Lipinski definition) is 4. The van der Waals surface area contributed by atoms with Gasteiger partial charge in [0.1, 0.15) is 0 Å². The number of aliphatic hydroxyl groups is 1. The highest BCUT2D eigenvalue weighted by Crippen LogP contribution is 2.27. The van der Waals surface area contributed by atoms with Gasteiger partial charge in [-0.3, -0.25) is 0 Å². The normalized spacial score (nSPS) is 13.5. The SMILES string of the molecule is CC(C)(C)C(CCO)Nc1nncc2ccccc12. The van der Waals surface area contributed by atoms with Gasteiger partial charge in [0.15, 0.2) is 5.82 Å². The van der Waals surface area contributed by atoms with E-state index in [0.29, 0.717) is 6.42 Å². The molecule has 1 aromatic heterocycles. The summed E-state index contributed by atoms with van der Waals surface area (Å²) in [4.78, 5) is 0. The van der Waals surface area contributed by atoms with Crippen molar-refractivity contribution in [3.8, 4) is 0 Å². The number of anilines is 1. The molecule has 0 aliphatic carbocycles. The van der Waals surface area contributed by atoms with Crippen molar-refractivity contribution in [3.05, 3.63) is 30.5 Å². The molecule has 0 aliphatic heterocycles. The first-order valence-electron chi connectivity index (χ1n) is 6.60. The summed E-state index contributed by atoms with van der Waals surface area (Å²) in [6.07, 6.45) is 2.45. The van der Waals surface area contributed by atoms with Crippen LogP contribution < -0.4 is 5.32 Å². The van der Waals surface area contributed by atoms with Crippen LogP contribution in [0.25, 0.3) is 10.8 Å². The van der Waals surface area contributed by atoms with Crippen LogP contribution in [0, 0.1) is 5.41 Å². The van der Waals surface area contributed by atoms with Gasteiger partial charge >= 0.3 is 0 Å². The molecule has 0 saturated carbocycles. The minimum absolute atomic E-state index is 0.0430. The van der Waals surface area contributed by atoms with Crippen molar-refractivity contribution in [1.82, 2.24) is 10.2 Å². The Balaban J connectivity index is 2.34. The van der Waals surface area contributed by atoms with E-state index in [0.717, 1.165) is 16.6 Å². The summed E-state index contributed by atoms with van der Waals surface area (Å²) in [5.41, 5.74) is 0.0430. The molecule has 1 aromatic carbocycles. The average molecular weight is 259 g/mol.